The van der Waals surface area contributed by atoms with Crippen molar-refractivity contribution in [2.75, 3.05) is 0 Å². The van der Waals surface area contributed by atoms with E-state index < -0.39 is 0 Å². The zero-order chi connectivity index (χ0) is 11.7. The van der Waals surface area contributed by atoms with Crippen LogP contribution >= 0.6 is 35.0 Å². The average Bonchev–Trinajstić information content (AvgIpc) is 2.60. The minimum atomic E-state index is 0.463. The first kappa shape index (κ1) is 11.3. The van der Waals surface area contributed by atoms with Crippen molar-refractivity contribution in [1.29, 1.82) is 5.26 Å². The van der Waals surface area contributed by atoms with Crippen molar-refractivity contribution < 1.29 is 0 Å². The van der Waals surface area contributed by atoms with Crippen LogP contribution in [0.1, 0.15) is 5.56 Å². The standard InChI is InChI=1S/C11H5Cl3N2/c12-8-1-2-9(10(13)5-8)11-7(6-15)3-4-16(11)14/h1-5H. The van der Waals surface area contributed by atoms with Gasteiger partial charge in [0.1, 0.15) is 6.07 Å². The molecule has 2 aromatic rings. The van der Waals surface area contributed by atoms with E-state index in [1.807, 2.05) is 0 Å². The molecule has 1 aromatic carbocycles. The van der Waals surface area contributed by atoms with Crippen LogP contribution in [0.2, 0.25) is 10.0 Å². The zero-order valence-electron chi connectivity index (χ0n) is 7.92. The molecule has 0 saturated heterocycles. The normalized spacial score (nSPS) is 10.1. The Balaban J connectivity index is 2.68. The molecule has 0 fully saturated rings. The number of aromatic nitrogens is 1. The highest BCUT2D eigenvalue weighted by Gasteiger charge is 2.13. The molecule has 2 rings (SSSR count). The molecule has 16 heavy (non-hydrogen) atoms. The second-order valence-electron chi connectivity index (χ2n) is 3.13. The van der Waals surface area contributed by atoms with Crippen molar-refractivity contribution in [2.24, 2.45) is 0 Å². The zero-order valence-corrected chi connectivity index (χ0v) is 10.2. The second kappa shape index (κ2) is 4.39. The Bertz CT molecular complexity index is 581. The van der Waals surface area contributed by atoms with Gasteiger partial charge in [0.05, 0.1) is 16.3 Å². The van der Waals surface area contributed by atoms with Gasteiger partial charge < -0.3 is 0 Å². The van der Waals surface area contributed by atoms with E-state index in [2.05, 4.69) is 6.07 Å². The molecule has 1 heterocycles. The maximum atomic E-state index is 8.95. The fourth-order valence-corrected chi connectivity index (χ4v) is 2.18. The molecule has 0 atom stereocenters. The molecule has 5 heteroatoms. The lowest BCUT2D eigenvalue weighted by Gasteiger charge is -2.05. The number of hydrogen-bond donors (Lipinski definition) is 0. The summed E-state index contributed by atoms with van der Waals surface area (Å²) in [5.41, 5.74) is 1.73. The molecule has 0 aliphatic rings. The van der Waals surface area contributed by atoms with Crippen LogP contribution in [-0.2, 0) is 0 Å². The van der Waals surface area contributed by atoms with Crippen LogP contribution in [0, 0.1) is 11.3 Å². The predicted molar refractivity (Wildman–Crippen MR) is 65.9 cm³/mol. The van der Waals surface area contributed by atoms with Gasteiger partial charge in [0, 0.05) is 28.6 Å². The molecule has 0 saturated carbocycles. The number of halogens is 3. The maximum Gasteiger partial charge on any atom is 0.101 e. The van der Waals surface area contributed by atoms with Crippen LogP contribution in [0.15, 0.2) is 30.5 Å². The Morgan fingerprint density at radius 2 is 1.94 bits per heavy atom. The molecule has 0 unspecified atom stereocenters. The van der Waals surface area contributed by atoms with Crippen LogP contribution in [0.25, 0.3) is 11.3 Å². The van der Waals surface area contributed by atoms with E-state index in [1.165, 1.54) is 4.09 Å². The van der Waals surface area contributed by atoms with E-state index in [0.29, 0.717) is 26.9 Å². The minimum absolute atomic E-state index is 0.463. The lowest BCUT2D eigenvalue weighted by atomic mass is 10.1. The molecule has 1 aromatic heterocycles. The molecule has 0 aliphatic heterocycles. The fraction of sp³-hybridized carbons (Fsp3) is 0. The van der Waals surface area contributed by atoms with Crippen LogP contribution in [0.3, 0.4) is 0 Å². The van der Waals surface area contributed by atoms with Crippen LogP contribution < -0.4 is 0 Å². The molecular formula is C11H5Cl3N2. The second-order valence-corrected chi connectivity index (χ2v) is 4.33. The van der Waals surface area contributed by atoms with E-state index in [-0.39, 0.29) is 0 Å². The number of benzene rings is 1. The van der Waals surface area contributed by atoms with Crippen LogP contribution in [-0.4, -0.2) is 4.09 Å². The van der Waals surface area contributed by atoms with Crippen molar-refractivity contribution >= 4 is 35.0 Å². The summed E-state index contributed by atoms with van der Waals surface area (Å²) in [5, 5.41) is 9.95. The van der Waals surface area contributed by atoms with Gasteiger partial charge in [-0.15, -0.1) is 0 Å². The number of rotatable bonds is 1. The largest absolute Gasteiger partial charge is 0.259 e. The third kappa shape index (κ3) is 1.90. The molecule has 0 aliphatic carbocycles. The highest BCUT2D eigenvalue weighted by Crippen LogP contribution is 2.33. The Morgan fingerprint density at radius 3 is 2.56 bits per heavy atom. The Labute approximate surface area is 108 Å². The number of nitriles is 1. The van der Waals surface area contributed by atoms with Gasteiger partial charge in [-0.1, -0.05) is 23.2 Å². The lowest BCUT2D eigenvalue weighted by Crippen LogP contribution is -1.88. The van der Waals surface area contributed by atoms with Crippen molar-refractivity contribution in [3.05, 3.63) is 46.1 Å². The first-order valence-corrected chi connectivity index (χ1v) is 5.46. The topological polar surface area (TPSA) is 28.7 Å². The summed E-state index contributed by atoms with van der Waals surface area (Å²) < 4.78 is 1.34. The summed E-state index contributed by atoms with van der Waals surface area (Å²) in [6.07, 6.45) is 1.60. The van der Waals surface area contributed by atoms with Crippen LogP contribution in [0.5, 0.6) is 0 Å². The van der Waals surface area contributed by atoms with E-state index in [4.69, 9.17) is 40.2 Å². The average molecular weight is 272 g/mol. The third-order valence-electron chi connectivity index (χ3n) is 2.15. The quantitative estimate of drug-likeness (QED) is 0.758. The van der Waals surface area contributed by atoms with Gasteiger partial charge in [0.25, 0.3) is 0 Å². The first-order chi connectivity index (χ1) is 7.63. The monoisotopic (exact) mass is 270 g/mol. The summed E-state index contributed by atoms with van der Waals surface area (Å²) in [4.78, 5) is 0. The van der Waals surface area contributed by atoms with Gasteiger partial charge in [-0.25, -0.2) is 0 Å². The molecular weight excluding hydrogens is 266 g/mol. The third-order valence-corrected chi connectivity index (χ3v) is 2.98. The lowest BCUT2D eigenvalue weighted by molar-refractivity contribution is 1.26. The Hall–Kier alpha value is -1.14. The van der Waals surface area contributed by atoms with E-state index in [9.17, 15) is 0 Å². The van der Waals surface area contributed by atoms with Gasteiger partial charge in [-0.2, -0.15) is 5.26 Å². The Morgan fingerprint density at radius 1 is 1.19 bits per heavy atom. The van der Waals surface area contributed by atoms with Gasteiger partial charge >= 0.3 is 0 Å². The first-order valence-electron chi connectivity index (χ1n) is 4.36. The SMILES string of the molecule is N#Cc1ccn(Cl)c1-c1ccc(Cl)cc1Cl. The van der Waals surface area contributed by atoms with Crippen LogP contribution in [0.4, 0.5) is 0 Å². The van der Waals surface area contributed by atoms with E-state index in [1.54, 1.807) is 30.5 Å². The predicted octanol–water partition coefficient (Wildman–Crippen LogP) is 4.34. The van der Waals surface area contributed by atoms with Crippen molar-refractivity contribution in [1.82, 2.24) is 4.09 Å². The summed E-state index contributed by atoms with van der Waals surface area (Å²) in [5.74, 6) is 0. The van der Waals surface area contributed by atoms with Crippen molar-refractivity contribution in [2.45, 2.75) is 0 Å². The number of hydrogen-bond acceptors (Lipinski definition) is 1. The molecule has 0 radical (unpaired) electrons. The highest BCUT2D eigenvalue weighted by molar-refractivity contribution is 6.36. The molecule has 0 spiro atoms. The number of nitrogens with zero attached hydrogens (tertiary/aromatic N) is 2. The fourth-order valence-electron chi connectivity index (χ4n) is 1.44. The van der Waals surface area contributed by atoms with Gasteiger partial charge in [-0.05, 0) is 24.3 Å². The summed E-state index contributed by atoms with van der Waals surface area (Å²) in [7, 11) is 0. The molecule has 0 N–H and O–H groups in total. The van der Waals surface area contributed by atoms with Crippen molar-refractivity contribution in [3.8, 4) is 17.3 Å². The van der Waals surface area contributed by atoms with E-state index >= 15 is 0 Å². The smallest absolute Gasteiger partial charge is 0.101 e. The van der Waals surface area contributed by atoms with Gasteiger partial charge in [-0.3, -0.25) is 4.09 Å². The molecule has 0 amide bonds. The highest BCUT2D eigenvalue weighted by atomic mass is 35.5. The maximum absolute atomic E-state index is 8.95. The van der Waals surface area contributed by atoms with E-state index in [0.717, 1.165) is 0 Å². The van der Waals surface area contributed by atoms with Crippen molar-refractivity contribution in [3.63, 3.8) is 0 Å². The summed E-state index contributed by atoms with van der Waals surface area (Å²) in [6.45, 7) is 0. The van der Waals surface area contributed by atoms with Gasteiger partial charge in [0.2, 0.25) is 0 Å². The molecule has 0 bridgehead atoms. The molecule has 80 valence electrons. The summed E-state index contributed by atoms with van der Waals surface area (Å²) in [6, 6.07) is 8.74. The molecule has 2 nitrogen and oxygen atoms in total. The summed E-state index contributed by atoms with van der Waals surface area (Å²) >= 11 is 17.8. The Kier molecular flexibility index (Phi) is 3.11. The minimum Gasteiger partial charge on any atom is -0.259 e. The van der Waals surface area contributed by atoms with Gasteiger partial charge in [0.15, 0.2) is 0 Å².